The number of rotatable bonds is 4. The SMILES string of the molecule is Cn1nnc(Br)c1C(NN)c1ccc(S(C)(=O)=O)cc1. The second-order valence-corrected chi connectivity index (χ2v) is 7.10. The maximum absolute atomic E-state index is 11.4. The second-order valence-electron chi connectivity index (χ2n) is 4.33. The molecule has 1 aromatic heterocycles. The maximum atomic E-state index is 11.4. The Morgan fingerprint density at radius 2 is 1.95 bits per heavy atom. The first-order valence-corrected chi connectivity index (χ1v) is 8.34. The predicted octanol–water partition coefficient (Wildman–Crippen LogP) is 0.534. The standard InChI is InChI=1S/C11H14BrN5O2S/c1-17-10(11(12)15-16-17)9(14-13)7-3-5-8(6-4-7)20(2,18)19/h3-6,9,14H,13H2,1-2H3. The first kappa shape index (κ1) is 15.1. The van der Waals surface area contributed by atoms with E-state index in [0.29, 0.717) is 4.60 Å². The molecule has 3 N–H and O–H groups in total. The third-order valence-corrected chi connectivity index (χ3v) is 4.60. The Balaban J connectivity index is 2.43. The number of sulfone groups is 1. The maximum Gasteiger partial charge on any atom is 0.175 e. The van der Waals surface area contributed by atoms with Crippen LogP contribution in [0.3, 0.4) is 0 Å². The summed E-state index contributed by atoms with van der Waals surface area (Å²) in [6.07, 6.45) is 1.17. The molecule has 0 spiro atoms. The van der Waals surface area contributed by atoms with Crippen molar-refractivity contribution in [1.29, 1.82) is 0 Å². The van der Waals surface area contributed by atoms with Gasteiger partial charge in [0.2, 0.25) is 0 Å². The highest BCUT2D eigenvalue weighted by Gasteiger charge is 2.21. The van der Waals surface area contributed by atoms with Gasteiger partial charge in [-0.3, -0.25) is 5.84 Å². The molecular weight excluding hydrogens is 346 g/mol. The van der Waals surface area contributed by atoms with Crippen molar-refractivity contribution >= 4 is 25.8 Å². The van der Waals surface area contributed by atoms with Crippen molar-refractivity contribution in [2.75, 3.05) is 6.26 Å². The third-order valence-electron chi connectivity index (χ3n) is 2.91. The fourth-order valence-electron chi connectivity index (χ4n) is 1.89. The van der Waals surface area contributed by atoms with Crippen LogP contribution in [0.4, 0.5) is 0 Å². The largest absolute Gasteiger partial charge is 0.271 e. The van der Waals surface area contributed by atoms with Gasteiger partial charge < -0.3 is 0 Å². The van der Waals surface area contributed by atoms with Crippen molar-refractivity contribution in [2.45, 2.75) is 10.9 Å². The number of aromatic nitrogens is 3. The summed E-state index contributed by atoms with van der Waals surface area (Å²) < 4.78 is 25.1. The highest BCUT2D eigenvalue weighted by atomic mass is 79.9. The highest BCUT2D eigenvalue weighted by Crippen LogP contribution is 2.26. The molecule has 0 aliphatic rings. The van der Waals surface area contributed by atoms with Gasteiger partial charge >= 0.3 is 0 Å². The zero-order valence-corrected chi connectivity index (χ0v) is 13.3. The molecule has 0 saturated carbocycles. The molecule has 0 saturated heterocycles. The van der Waals surface area contributed by atoms with E-state index >= 15 is 0 Å². The Hall–Kier alpha value is -1.29. The van der Waals surface area contributed by atoms with Gasteiger partial charge in [-0.25, -0.2) is 18.5 Å². The third kappa shape index (κ3) is 2.90. The zero-order valence-electron chi connectivity index (χ0n) is 10.9. The average Bonchev–Trinajstić information content (AvgIpc) is 2.71. The molecule has 108 valence electrons. The molecule has 0 amide bonds. The Morgan fingerprint density at radius 1 is 1.35 bits per heavy atom. The molecule has 0 radical (unpaired) electrons. The van der Waals surface area contributed by atoms with Gasteiger partial charge in [-0.05, 0) is 33.6 Å². The van der Waals surface area contributed by atoms with E-state index in [4.69, 9.17) is 5.84 Å². The van der Waals surface area contributed by atoms with E-state index in [2.05, 4.69) is 31.7 Å². The molecule has 1 heterocycles. The van der Waals surface area contributed by atoms with Crippen molar-refractivity contribution in [2.24, 2.45) is 12.9 Å². The van der Waals surface area contributed by atoms with Crippen LogP contribution in [0.5, 0.6) is 0 Å². The number of nitrogens with two attached hydrogens (primary N) is 1. The minimum Gasteiger partial charge on any atom is -0.271 e. The number of hydrogen-bond acceptors (Lipinski definition) is 6. The lowest BCUT2D eigenvalue weighted by atomic mass is 10.1. The molecular formula is C11H14BrN5O2S. The summed E-state index contributed by atoms with van der Waals surface area (Å²) in [7, 11) is -1.46. The fraction of sp³-hybridized carbons (Fsp3) is 0.273. The molecule has 2 aromatic rings. The van der Waals surface area contributed by atoms with Crippen molar-refractivity contribution in [1.82, 2.24) is 20.4 Å². The molecule has 0 fully saturated rings. The summed E-state index contributed by atoms with van der Waals surface area (Å²) in [6.45, 7) is 0. The Morgan fingerprint density at radius 3 is 2.35 bits per heavy atom. The van der Waals surface area contributed by atoms with Crippen LogP contribution in [0, 0.1) is 0 Å². The lowest BCUT2D eigenvalue weighted by molar-refractivity contribution is 0.568. The molecule has 0 aliphatic carbocycles. The molecule has 1 aromatic carbocycles. The van der Waals surface area contributed by atoms with Crippen LogP contribution in [-0.2, 0) is 16.9 Å². The Kier molecular flexibility index (Phi) is 4.23. The quantitative estimate of drug-likeness (QED) is 0.609. The van der Waals surface area contributed by atoms with Crippen molar-refractivity contribution in [3.8, 4) is 0 Å². The van der Waals surface area contributed by atoms with E-state index in [1.165, 1.54) is 6.26 Å². The van der Waals surface area contributed by atoms with Gasteiger partial charge in [0.1, 0.15) is 0 Å². The van der Waals surface area contributed by atoms with Crippen LogP contribution < -0.4 is 11.3 Å². The second kappa shape index (κ2) is 5.60. The Labute approximate surface area is 125 Å². The summed E-state index contributed by atoms with van der Waals surface area (Å²) in [5.74, 6) is 5.60. The van der Waals surface area contributed by atoms with Gasteiger partial charge in [0.05, 0.1) is 16.6 Å². The van der Waals surface area contributed by atoms with E-state index in [1.807, 2.05) is 0 Å². The van der Waals surface area contributed by atoms with Gasteiger partial charge in [0.25, 0.3) is 0 Å². The zero-order chi connectivity index (χ0) is 14.9. The number of nitrogens with zero attached hydrogens (tertiary/aromatic N) is 3. The lowest BCUT2D eigenvalue weighted by Gasteiger charge is -2.16. The van der Waals surface area contributed by atoms with Crippen molar-refractivity contribution < 1.29 is 8.42 Å². The van der Waals surface area contributed by atoms with E-state index in [-0.39, 0.29) is 10.9 Å². The molecule has 2 rings (SSSR count). The van der Waals surface area contributed by atoms with E-state index in [9.17, 15) is 8.42 Å². The topological polar surface area (TPSA) is 103 Å². The van der Waals surface area contributed by atoms with Crippen molar-refractivity contribution in [3.05, 3.63) is 40.1 Å². The normalized spacial score (nSPS) is 13.4. The monoisotopic (exact) mass is 359 g/mol. The number of hydrazine groups is 1. The molecule has 1 atom stereocenters. The van der Waals surface area contributed by atoms with Gasteiger partial charge in [-0.1, -0.05) is 17.3 Å². The van der Waals surface area contributed by atoms with Crippen LogP contribution >= 0.6 is 15.9 Å². The summed E-state index contributed by atoms with van der Waals surface area (Å²) in [6, 6.07) is 6.16. The number of hydrogen-bond donors (Lipinski definition) is 2. The van der Waals surface area contributed by atoms with Gasteiger partial charge in [0.15, 0.2) is 14.4 Å². The molecule has 20 heavy (non-hydrogen) atoms. The van der Waals surface area contributed by atoms with Crippen LogP contribution in [-0.4, -0.2) is 29.7 Å². The molecule has 7 nitrogen and oxygen atoms in total. The number of aryl methyl sites for hydroxylation is 1. The minimum atomic E-state index is -3.21. The van der Waals surface area contributed by atoms with Crippen LogP contribution in [0.1, 0.15) is 17.3 Å². The van der Waals surface area contributed by atoms with Crippen LogP contribution in [0.15, 0.2) is 33.8 Å². The molecule has 0 bridgehead atoms. The highest BCUT2D eigenvalue weighted by molar-refractivity contribution is 9.10. The molecule has 9 heteroatoms. The number of halogens is 1. The minimum absolute atomic E-state index is 0.263. The van der Waals surface area contributed by atoms with E-state index in [1.54, 1.807) is 36.0 Å². The summed E-state index contributed by atoms with van der Waals surface area (Å²) >= 11 is 3.32. The van der Waals surface area contributed by atoms with Crippen molar-refractivity contribution in [3.63, 3.8) is 0 Å². The van der Waals surface area contributed by atoms with Crippen LogP contribution in [0.25, 0.3) is 0 Å². The summed E-state index contributed by atoms with van der Waals surface area (Å²) in [5, 5.41) is 7.80. The smallest absolute Gasteiger partial charge is 0.175 e. The molecule has 0 aliphatic heterocycles. The number of benzene rings is 1. The fourth-order valence-corrected chi connectivity index (χ4v) is 3.07. The number of nitrogens with one attached hydrogen (secondary N) is 1. The van der Waals surface area contributed by atoms with Gasteiger partial charge in [-0.2, -0.15) is 0 Å². The molecule has 1 unspecified atom stereocenters. The van der Waals surface area contributed by atoms with Gasteiger partial charge in [-0.15, -0.1) is 5.10 Å². The first-order valence-electron chi connectivity index (χ1n) is 5.66. The first-order chi connectivity index (χ1) is 9.34. The van der Waals surface area contributed by atoms with E-state index < -0.39 is 9.84 Å². The summed E-state index contributed by atoms with van der Waals surface area (Å²) in [5.41, 5.74) is 4.24. The van der Waals surface area contributed by atoms with Crippen LogP contribution in [0.2, 0.25) is 0 Å². The van der Waals surface area contributed by atoms with E-state index in [0.717, 1.165) is 11.3 Å². The Bertz CT molecular complexity index is 691. The van der Waals surface area contributed by atoms with Gasteiger partial charge in [0, 0.05) is 13.3 Å². The average molecular weight is 360 g/mol. The lowest BCUT2D eigenvalue weighted by Crippen LogP contribution is -2.30. The predicted molar refractivity (Wildman–Crippen MR) is 77.4 cm³/mol. The summed E-state index contributed by atoms with van der Waals surface area (Å²) in [4.78, 5) is 0.263.